The molecule has 0 aliphatic rings. The Morgan fingerprint density at radius 2 is 2.32 bits per heavy atom. The van der Waals surface area contributed by atoms with E-state index in [4.69, 9.17) is 5.84 Å². The number of carbonyl (C=O) groups excluding carboxylic acids is 1. The van der Waals surface area contributed by atoms with Crippen LogP contribution in [0.5, 0.6) is 0 Å². The van der Waals surface area contributed by atoms with Crippen molar-refractivity contribution in [1.82, 2.24) is 10.3 Å². The number of carbonyl (C=O) groups is 1. The van der Waals surface area contributed by atoms with Crippen molar-refractivity contribution in [2.75, 3.05) is 25.2 Å². The van der Waals surface area contributed by atoms with Crippen LogP contribution in [-0.2, 0) is 4.74 Å². The van der Waals surface area contributed by atoms with Crippen molar-refractivity contribution in [1.29, 1.82) is 0 Å². The lowest BCUT2D eigenvalue weighted by molar-refractivity contribution is 0.0188. The lowest BCUT2D eigenvalue weighted by Gasteiger charge is -2.09. The van der Waals surface area contributed by atoms with E-state index in [0.717, 1.165) is 0 Å². The summed E-state index contributed by atoms with van der Waals surface area (Å²) in [7, 11) is 0. The number of nitrogens with zero attached hydrogens (tertiary/aromatic N) is 1. The molecular weight excluding hydrogens is 326 g/mol. The lowest BCUT2D eigenvalue weighted by atomic mass is 10.2. The fourth-order valence-corrected chi connectivity index (χ4v) is 1.56. The number of alkyl halides is 2. The van der Waals surface area contributed by atoms with Crippen molar-refractivity contribution in [3.63, 3.8) is 0 Å². The van der Waals surface area contributed by atoms with Gasteiger partial charge in [-0.3, -0.25) is 4.79 Å². The van der Waals surface area contributed by atoms with Gasteiger partial charge in [0, 0.05) is 17.2 Å². The van der Waals surface area contributed by atoms with Gasteiger partial charge in [0.2, 0.25) is 0 Å². The molecular formula is C10H13BrF2N4O2. The largest absolute Gasteiger partial charge is 0.374 e. The highest BCUT2D eigenvalue weighted by molar-refractivity contribution is 9.10. The molecule has 0 saturated carbocycles. The Morgan fingerprint density at radius 3 is 2.95 bits per heavy atom. The van der Waals surface area contributed by atoms with Crippen molar-refractivity contribution >= 4 is 27.7 Å². The summed E-state index contributed by atoms with van der Waals surface area (Å²) in [5, 5.41) is 2.51. The van der Waals surface area contributed by atoms with Gasteiger partial charge in [0.15, 0.2) is 5.82 Å². The van der Waals surface area contributed by atoms with Gasteiger partial charge < -0.3 is 15.5 Å². The van der Waals surface area contributed by atoms with E-state index in [1.807, 2.05) is 0 Å². The molecule has 0 saturated heterocycles. The summed E-state index contributed by atoms with van der Waals surface area (Å²) in [5.41, 5.74) is 2.54. The first-order chi connectivity index (χ1) is 9.04. The van der Waals surface area contributed by atoms with E-state index in [1.165, 1.54) is 12.3 Å². The van der Waals surface area contributed by atoms with Crippen LogP contribution in [0.4, 0.5) is 14.6 Å². The Balaban J connectivity index is 2.47. The molecule has 19 heavy (non-hydrogen) atoms. The van der Waals surface area contributed by atoms with Crippen LogP contribution in [0.1, 0.15) is 10.4 Å². The Bertz CT molecular complexity index is 434. The van der Waals surface area contributed by atoms with Crippen LogP contribution >= 0.6 is 15.9 Å². The second-order valence-corrected chi connectivity index (χ2v) is 4.33. The molecule has 0 aromatic carbocycles. The molecule has 0 fully saturated rings. The van der Waals surface area contributed by atoms with E-state index in [2.05, 4.69) is 36.4 Å². The minimum atomic E-state index is -2.52. The molecule has 0 spiro atoms. The number of nitrogen functional groups attached to an aromatic ring is 1. The number of hydrazine groups is 1. The number of anilines is 1. The van der Waals surface area contributed by atoms with Crippen molar-refractivity contribution in [2.45, 2.75) is 6.43 Å². The molecule has 0 atom stereocenters. The summed E-state index contributed by atoms with van der Waals surface area (Å²) in [4.78, 5) is 15.7. The van der Waals surface area contributed by atoms with Crippen molar-refractivity contribution in [3.05, 3.63) is 22.3 Å². The number of hydrogen-bond acceptors (Lipinski definition) is 5. The molecule has 0 radical (unpaired) electrons. The van der Waals surface area contributed by atoms with E-state index in [-0.39, 0.29) is 24.5 Å². The highest BCUT2D eigenvalue weighted by atomic mass is 79.9. The Morgan fingerprint density at radius 1 is 1.58 bits per heavy atom. The van der Waals surface area contributed by atoms with Crippen LogP contribution < -0.4 is 16.6 Å². The maximum atomic E-state index is 11.8. The standard InChI is InChI=1S/C10H13BrF2N4O2/c11-6-3-7(9(17-14)16-4-6)10(18)15-1-2-19-5-8(12)13/h3-4,8H,1-2,5,14H2,(H,15,18)(H,16,17). The fraction of sp³-hybridized carbons (Fsp3) is 0.400. The average molecular weight is 339 g/mol. The first-order valence-corrected chi connectivity index (χ1v) is 6.10. The molecule has 1 amide bonds. The molecule has 0 bridgehead atoms. The van der Waals surface area contributed by atoms with Gasteiger partial charge in [-0.05, 0) is 22.0 Å². The number of aromatic nitrogens is 1. The first-order valence-electron chi connectivity index (χ1n) is 5.31. The zero-order valence-corrected chi connectivity index (χ0v) is 11.4. The predicted molar refractivity (Wildman–Crippen MR) is 68.9 cm³/mol. The minimum absolute atomic E-state index is 0.00288. The second-order valence-electron chi connectivity index (χ2n) is 3.42. The predicted octanol–water partition coefficient (Wildman–Crippen LogP) is 1.14. The van der Waals surface area contributed by atoms with Gasteiger partial charge in [0.1, 0.15) is 6.61 Å². The summed E-state index contributed by atoms with van der Waals surface area (Å²) in [6, 6.07) is 1.54. The Hall–Kier alpha value is -1.32. The maximum absolute atomic E-state index is 11.8. The molecule has 0 aliphatic carbocycles. The minimum Gasteiger partial charge on any atom is -0.374 e. The van der Waals surface area contributed by atoms with Crippen molar-refractivity contribution in [2.24, 2.45) is 5.84 Å². The van der Waals surface area contributed by atoms with Crippen LogP contribution in [0.25, 0.3) is 0 Å². The number of nitrogens with two attached hydrogens (primary N) is 1. The van der Waals surface area contributed by atoms with E-state index < -0.39 is 18.9 Å². The van der Waals surface area contributed by atoms with Gasteiger partial charge in [0.25, 0.3) is 12.3 Å². The Labute approximate surface area is 116 Å². The van der Waals surface area contributed by atoms with E-state index in [1.54, 1.807) is 0 Å². The zero-order chi connectivity index (χ0) is 14.3. The quantitative estimate of drug-likeness (QED) is 0.394. The number of halogens is 3. The van der Waals surface area contributed by atoms with Crippen LogP contribution in [0.15, 0.2) is 16.7 Å². The van der Waals surface area contributed by atoms with Gasteiger partial charge in [-0.25, -0.2) is 19.6 Å². The third-order valence-electron chi connectivity index (χ3n) is 2.01. The van der Waals surface area contributed by atoms with E-state index in [9.17, 15) is 13.6 Å². The summed E-state index contributed by atoms with van der Waals surface area (Å²) in [6.07, 6.45) is -1.03. The van der Waals surface area contributed by atoms with Crippen LogP contribution in [-0.4, -0.2) is 37.1 Å². The molecule has 9 heteroatoms. The lowest BCUT2D eigenvalue weighted by Crippen LogP contribution is -2.29. The van der Waals surface area contributed by atoms with Gasteiger partial charge >= 0.3 is 0 Å². The average Bonchev–Trinajstić information content (AvgIpc) is 2.37. The molecule has 1 aromatic rings. The monoisotopic (exact) mass is 338 g/mol. The second kappa shape index (κ2) is 7.97. The molecule has 0 aliphatic heterocycles. The van der Waals surface area contributed by atoms with Gasteiger partial charge in [-0.2, -0.15) is 0 Å². The van der Waals surface area contributed by atoms with Gasteiger partial charge in [0.05, 0.1) is 12.2 Å². The number of nitrogens with one attached hydrogen (secondary N) is 2. The third-order valence-corrected chi connectivity index (χ3v) is 2.45. The number of hydrogen-bond donors (Lipinski definition) is 3. The normalized spacial score (nSPS) is 10.6. The molecule has 1 aromatic heterocycles. The van der Waals surface area contributed by atoms with Crippen LogP contribution in [0.3, 0.4) is 0 Å². The molecule has 106 valence electrons. The Kier molecular flexibility index (Phi) is 6.60. The van der Waals surface area contributed by atoms with Crippen molar-refractivity contribution in [3.8, 4) is 0 Å². The summed E-state index contributed by atoms with van der Waals surface area (Å²) in [5.74, 6) is 5.02. The SMILES string of the molecule is NNc1ncc(Br)cc1C(=O)NCCOCC(F)F. The number of ether oxygens (including phenoxy) is 1. The smallest absolute Gasteiger partial charge is 0.261 e. The number of rotatable bonds is 7. The van der Waals surface area contributed by atoms with Gasteiger partial charge in [-0.15, -0.1) is 0 Å². The molecule has 6 nitrogen and oxygen atoms in total. The first kappa shape index (κ1) is 15.7. The zero-order valence-electron chi connectivity index (χ0n) is 9.83. The summed E-state index contributed by atoms with van der Waals surface area (Å²) in [6.45, 7) is -0.533. The topological polar surface area (TPSA) is 89.3 Å². The van der Waals surface area contributed by atoms with Crippen LogP contribution in [0, 0.1) is 0 Å². The third kappa shape index (κ3) is 5.45. The van der Waals surface area contributed by atoms with E-state index >= 15 is 0 Å². The molecule has 1 heterocycles. The van der Waals surface area contributed by atoms with Gasteiger partial charge in [-0.1, -0.05) is 0 Å². The highest BCUT2D eigenvalue weighted by Gasteiger charge is 2.12. The highest BCUT2D eigenvalue weighted by Crippen LogP contribution is 2.16. The summed E-state index contributed by atoms with van der Waals surface area (Å²) < 4.78 is 28.8. The van der Waals surface area contributed by atoms with Crippen molar-refractivity contribution < 1.29 is 18.3 Å². The van der Waals surface area contributed by atoms with Crippen LogP contribution in [0.2, 0.25) is 0 Å². The fourth-order valence-electron chi connectivity index (χ4n) is 1.23. The molecule has 4 N–H and O–H groups in total. The molecule has 0 unspecified atom stereocenters. The number of amides is 1. The summed E-state index contributed by atoms with van der Waals surface area (Å²) >= 11 is 3.18. The molecule has 1 rings (SSSR count). The van der Waals surface area contributed by atoms with E-state index in [0.29, 0.717) is 4.47 Å². The number of pyridine rings is 1. The maximum Gasteiger partial charge on any atom is 0.261 e.